The molecule has 0 bridgehead atoms. The molecule has 0 aromatic heterocycles. The number of nitrogens with two attached hydrogens (primary N) is 1. The summed E-state index contributed by atoms with van der Waals surface area (Å²) in [5.41, 5.74) is 7.34. The van der Waals surface area contributed by atoms with E-state index in [1.165, 1.54) is 0 Å². The van der Waals surface area contributed by atoms with E-state index in [-0.39, 0.29) is 5.91 Å². The van der Waals surface area contributed by atoms with E-state index in [0.29, 0.717) is 19.6 Å². The van der Waals surface area contributed by atoms with Gasteiger partial charge < -0.3 is 15.8 Å². The van der Waals surface area contributed by atoms with Crippen LogP contribution in [0.15, 0.2) is 18.2 Å². The number of ether oxygens (including phenoxy) is 1. The van der Waals surface area contributed by atoms with E-state index in [9.17, 15) is 4.79 Å². The van der Waals surface area contributed by atoms with Gasteiger partial charge in [-0.15, -0.1) is 0 Å². The van der Waals surface area contributed by atoms with Crippen LogP contribution in [0.3, 0.4) is 0 Å². The number of carbonyl (C=O) groups is 1. The average Bonchev–Trinajstić information content (AvgIpc) is 2.38. The van der Waals surface area contributed by atoms with Gasteiger partial charge in [0, 0.05) is 0 Å². The molecular weight excluding hydrogens is 192 g/mol. The van der Waals surface area contributed by atoms with E-state index in [1.807, 2.05) is 18.2 Å². The average molecular weight is 206 g/mol. The standard InChI is InChI=1S/C11H14N2O2/c12-5-3-8-1-2-10-9(7-8)13-11(14)4-6-15-10/h1-2,7H,3-6,12H2,(H,13,14). The van der Waals surface area contributed by atoms with Gasteiger partial charge in [0.1, 0.15) is 5.75 Å². The van der Waals surface area contributed by atoms with Crippen LogP contribution in [0.25, 0.3) is 0 Å². The Kier molecular flexibility index (Phi) is 2.87. The van der Waals surface area contributed by atoms with Gasteiger partial charge in [0.15, 0.2) is 0 Å². The molecule has 0 aliphatic carbocycles. The van der Waals surface area contributed by atoms with Crippen LogP contribution in [0.4, 0.5) is 5.69 Å². The summed E-state index contributed by atoms with van der Waals surface area (Å²) >= 11 is 0. The molecule has 2 rings (SSSR count). The highest BCUT2D eigenvalue weighted by Gasteiger charge is 2.13. The number of rotatable bonds is 2. The lowest BCUT2D eigenvalue weighted by molar-refractivity contribution is -0.116. The van der Waals surface area contributed by atoms with E-state index >= 15 is 0 Å². The molecule has 0 fully saturated rings. The number of anilines is 1. The Balaban J connectivity index is 2.28. The van der Waals surface area contributed by atoms with Crippen molar-refractivity contribution in [1.29, 1.82) is 0 Å². The van der Waals surface area contributed by atoms with Crippen molar-refractivity contribution in [3.05, 3.63) is 23.8 Å². The zero-order valence-electron chi connectivity index (χ0n) is 8.45. The Morgan fingerprint density at radius 2 is 2.33 bits per heavy atom. The second-order valence-electron chi connectivity index (χ2n) is 3.52. The molecular formula is C11H14N2O2. The van der Waals surface area contributed by atoms with Crippen molar-refractivity contribution < 1.29 is 9.53 Å². The van der Waals surface area contributed by atoms with Gasteiger partial charge in [0.2, 0.25) is 5.91 Å². The summed E-state index contributed by atoms with van der Waals surface area (Å²) in [6, 6.07) is 5.78. The third-order valence-electron chi connectivity index (χ3n) is 2.34. The van der Waals surface area contributed by atoms with Gasteiger partial charge >= 0.3 is 0 Å². The first-order valence-electron chi connectivity index (χ1n) is 5.05. The second kappa shape index (κ2) is 4.31. The molecule has 1 aliphatic rings. The Hall–Kier alpha value is -1.55. The predicted octanol–water partition coefficient (Wildman–Crippen LogP) is 0.909. The second-order valence-corrected chi connectivity index (χ2v) is 3.52. The molecule has 3 N–H and O–H groups in total. The van der Waals surface area contributed by atoms with Crippen LogP contribution in [-0.2, 0) is 11.2 Å². The van der Waals surface area contributed by atoms with E-state index < -0.39 is 0 Å². The zero-order valence-corrected chi connectivity index (χ0v) is 8.45. The van der Waals surface area contributed by atoms with Gasteiger partial charge in [-0.3, -0.25) is 4.79 Å². The number of fused-ring (bicyclic) bond motifs is 1. The molecule has 0 atom stereocenters. The SMILES string of the molecule is NCCc1ccc2c(c1)NC(=O)CCO2. The van der Waals surface area contributed by atoms with Crippen LogP contribution in [0, 0.1) is 0 Å². The molecule has 0 spiro atoms. The molecule has 1 amide bonds. The van der Waals surface area contributed by atoms with Gasteiger partial charge in [0.25, 0.3) is 0 Å². The fraction of sp³-hybridized carbons (Fsp3) is 0.364. The van der Waals surface area contributed by atoms with Crippen molar-refractivity contribution in [3.8, 4) is 5.75 Å². The van der Waals surface area contributed by atoms with Crippen LogP contribution in [-0.4, -0.2) is 19.1 Å². The smallest absolute Gasteiger partial charge is 0.227 e. The topological polar surface area (TPSA) is 64.3 Å². The number of amides is 1. The highest BCUT2D eigenvalue weighted by atomic mass is 16.5. The number of benzene rings is 1. The van der Waals surface area contributed by atoms with Gasteiger partial charge in [0.05, 0.1) is 18.7 Å². The molecule has 0 unspecified atom stereocenters. The number of nitrogens with one attached hydrogen (secondary N) is 1. The van der Waals surface area contributed by atoms with E-state index in [0.717, 1.165) is 23.4 Å². The third kappa shape index (κ3) is 2.27. The van der Waals surface area contributed by atoms with Crippen molar-refractivity contribution in [2.24, 2.45) is 5.73 Å². The van der Waals surface area contributed by atoms with E-state index in [4.69, 9.17) is 10.5 Å². The molecule has 4 nitrogen and oxygen atoms in total. The molecule has 0 saturated heterocycles. The quantitative estimate of drug-likeness (QED) is 0.756. The first kappa shape index (κ1) is 9.98. The van der Waals surface area contributed by atoms with Crippen LogP contribution < -0.4 is 15.8 Å². The lowest BCUT2D eigenvalue weighted by atomic mass is 10.1. The summed E-state index contributed by atoms with van der Waals surface area (Å²) in [5, 5.41) is 2.82. The molecule has 80 valence electrons. The van der Waals surface area contributed by atoms with Gasteiger partial charge in [-0.1, -0.05) is 6.07 Å². The molecule has 1 aromatic carbocycles. The van der Waals surface area contributed by atoms with Crippen molar-refractivity contribution in [3.63, 3.8) is 0 Å². The summed E-state index contributed by atoms with van der Waals surface area (Å²) in [4.78, 5) is 11.3. The number of hydrogen-bond acceptors (Lipinski definition) is 3. The first-order valence-corrected chi connectivity index (χ1v) is 5.05. The maximum absolute atomic E-state index is 11.3. The minimum atomic E-state index is -0.00125. The van der Waals surface area contributed by atoms with E-state index in [2.05, 4.69) is 5.32 Å². The minimum absolute atomic E-state index is 0.00125. The molecule has 1 heterocycles. The van der Waals surface area contributed by atoms with Crippen molar-refractivity contribution in [2.45, 2.75) is 12.8 Å². The lowest BCUT2D eigenvalue weighted by Gasteiger charge is -2.08. The summed E-state index contributed by atoms with van der Waals surface area (Å²) in [7, 11) is 0. The largest absolute Gasteiger partial charge is 0.491 e. The monoisotopic (exact) mass is 206 g/mol. The lowest BCUT2D eigenvalue weighted by Crippen LogP contribution is -2.10. The summed E-state index contributed by atoms with van der Waals surface area (Å²) in [6.07, 6.45) is 1.21. The van der Waals surface area contributed by atoms with Crippen LogP contribution in [0.2, 0.25) is 0 Å². The zero-order chi connectivity index (χ0) is 10.7. The maximum atomic E-state index is 11.3. The minimum Gasteiger partial charge on any atom is -0.491 e. The van der Waals surface area contributed by atoms with Gasteiger partial charge in [-0.05, 0) is 30.7 Å². The molecule has 0 saturated carbocycles. The summed E-state index contributed by atoms with van der Waals surface area (Å²) < 4.78 is 5.44. The normalized spacial score (nSPS) is 14.9. The Bertz CT molecular complexity index is 377. The van der Waals surface area contributed by atoms with Crippen LogP contribution in [0.5, 0.6) is 5.75 Å². The fourth-order valence-corrected chi connectivity index (χ4v) is 1.59. The molecule has 1 aromatic rings. The van der Waals surface area contributed by atoms with Crippen LogP contribution in [0.1, 0.15) is 12.0 Å². The van der Waals surface area contributed by atoms with Crippen LogP contribution >= 0.6 is 0 Å². The number of carbonyl (C=O) groups excluding carboxylic acids is 1. The fourth-order valence-electron chi connectivity index (χ4n) is 1.59. The first-order chi connectivity index (χ1) is 7.29. The summed E-state index contributed by atoms with van der Waals surface area (Å²) in [6.45, 7) is 1.04. The molecule has 1 aliphatic heterocycles. The predicted molar refractivity (Wildman–Crippen MR) is 57.9 cm³/mol. The number of hydrogen-bond donors (Lipinski definition) is 2. The molecule has 4 heteroatoms. The highest BCUT2D eigenvalue weighted by molar-refractivity contribution is 5.93. The molecule has 0 radical (unpaired) electrons. The summed E-state index contributed by atoms with van der Waals surface area (Å²) in [5.74, 6) is 0.736. The van der Waals surface area contributed by atoms with Gasteiger partial charge in [-0.2, -0.15) is 0 Å². The highest BCUT2D eigenvalue weighted by Crippen LogP contribution is 2.28. The van der Waals surface area contributed by atoms with Crippen molar-refractivity contribution in [2.75, 3.05) is 18.5 Å². The Labute approximate surface area is 88.4 Å². The Morgan fingerprint density at radius 3 is 3.13 bits per heavy atom. The Morgan fingerprint density at radius 1 is 1.47 bits per heavy atom. The third-order valence-corrected chi connectivity index (χ3v) is 2.34. The van der Waals surface area contributed by atoms with Crippen molar-refractivity contribution in [1.82, 2.24) is 0 Å². The maximum Gasteiger partial charge on any atom is 0.227 e. The van der Waals surface area contributed by atoms with Gasteiger partial charge in [-0.25, -0.2) is 0 Å². The van der Waals surface area contributed by atoms with E-state index in [1.54, 1.807) is 0 Å². The van der Waals surface area contributed by atoms with Crippen molar-refractivity contribution >= 4 is 11.6 Å². The molecule has 15 heavy (non-hydrogen) atoms.